The molecule has 0 bridgehead atoms. The van der Waals surface area contributed by atoms with Gasteiger partial charge in [0.2, 0.25) is 0 Å². The first-order valence-corrected chi connectivity index (χ1v) is 7.64. The zero-order valence-electron chi connectivity index (χ0n) is 13.0. The van der Waals surface area contributed by atoms with Gasteiger partial charge in [0.15, 0.2) is 0 Å². The highest BCUT2D eigenvalue weighted by molar-refractivity contribution is 5.71. The maximum Gasteiger partial charge on any atom is 0.320 e. The molecule has 0 spiro atoms. The molecule has 1 aliphatic heterocycles. The first-order valence-electron chi connectivity index (χ1n) is 7.64. The minimum atomic E-state index is -0.104. The second kappa shape index (κ2) is 8.54. The minimum Gasteiger partial charge on any atom is -0.465 e. The lowest BCUT2D eigenvalue weighted by Crippen LogP contribution is -2.42. The number of hydrogen-bond acceptors (Lipinski definition) is 4. The van der Waals surface area contributed by atoms with E-state index in [0.29, 0.717) is 25.2 Å². The van der Waals surface area contributed by atoms with Gasteiger partial charge in [-0.1, -0.05) is 6.42 Å². The van der Waals surface area contributed by atoms with Crippen LogP contribution in [0.4, 0.5) is 0 Å². The van der Waals surface area contributed by atoms with Crippen molar-refractivity contribution in [2.24, 2.45) is 0 Å². The van der Waals surface area contributed by atoms with Gasteiger partial charge in [-0.3, -0.25) is 9.69 Å². The van der Waals surface area contributed by atoms with Crippen molar-refractivity contribution in [1.82, 2.24) is 9.80 Å². The predicted molar refractivity (Wildman–Crippen MR) is 78.2 cm³/mol. The van der Waals surface area contributed by atoms with E-state index in [9.17, 15) is 4.79 Å². The van der Waals surface area contributed by atoms with Crippen molar-refractivity contribution in [3.63, 3.8) is 0 Å². The number of piperidine rings is 1. The number of esters is 1. The number of hydrogen-bond donors (Lipinski definition) is 0. The third-order valence-electron chi connectivity index (χ3n) is 4.04. The van der Waals surface area contributed by atoms with Gasteiger partial charge in [0.25, 0.3) is 0 Å². The molecule has 0 aromatic carbocycles. The van der Waals surface area contributed by atoms with Crippen molar-refractivity contribution in [3.8, 4) is 0 Å². The molecule has 0 N–H and O–H groups in total. The maximum absolute atomic E-state index is 11.6. The molecule has 0 saturated carbocycles. The average Bonchev–Trinajstić information content (AvgIpc) is 2.36. The fourth-order valence-corrected chi connectivity index (χ4v) is 2.72. The zero-order valence-corrected chi connectivity index (χ0v) is 13.0. The van der Waals surface area contributed by atoms with Gasteiger partial charge in [0, 0.05) is 18.6 Å². The molecule has 4 heteroatoms. The van der Waals surface area contributed by atoms with Crippen molar-refractivity contribution in [2.75, 3.05) is 33.3 Å². The van der Waals surface area contributed by atoms with Crippen LogP contribution >= 0.6 is 0 Å². The third kappa shape index (κ3) is 5.91. The number of carbonyl (C=O) groups excluding carboxylic acids is 1. The van der Waals surface area contributed by atoms with Crippen LogP contribution in [0.2, 0.25) is 0 Å². The van der Waals surface area contributed by atoms with Gasteiger partial charge in [-0.05, 0) is 53.6 Å². The van der Waals surface area contributed by atoms with E-state index in [1.54, 1.807) is 0 Å². The molecule has 0 radical (unpaired) electrons. The summed E-state index contributed by atoms with van der Waals surface area (Å²) in [7, 11) is 2.22. The molecule has 1 rings (SSSR count). The van der Waals surface area contributed by atoms with E-state index in [1.165, 1.54) is 25.8 Å². The molecule has 1 heterocycles. The van der Waals surface area contributed by atoms with Gasteiger partial charge >= 0.3 is 5.97 Å². The Hall–Kier alpha value is -0.610. The van der Waals surface area contributed by atoms with Crippen LogP contribution in [0.25, 0.3) is 0 Å². The summed E-state index contributed by atoms with van der Waals surface area (Å²) in [4.78, 5) is 16.3. The Morgan fingerprint density at radius 2 is 2.16 bits per heavy atom. The average molecular weight is 270 g/mol. The molecule has 0 aromatic heterocycles. The number of nitrogens with zero attached hydrogens (tertiary/aromatic N) is 2. The van der Waals surface area contributed by atoms with E-state index in [4.69, 9.17) is 4.74 Å². The monoisotopic (exact) mass is 270 g/mol. The number of rotatable bonds is 7. The van der Waals surface area contributed by atoms with Gasteiger partial charge in [-0.25, -0.2) is 0 Å². The van der Waals surface area contributed by atoms with Gasteiger partial charge in [0.05, 0.1) is 13.2 Å². The molecule has 19 heavy (non-hydrogen) atoms. The highest BCUT2D eigenvalue weighted by Crippen LogP contribution is 2.18. The van der Waals surface area contributed by atoms with Crippen LogP contribution in [0.1, 0.15) is 46.5 Å². The lowest BCUT2D eigenvalue weighted by atomic mass is 10.00. The smallest absolute Gasteiger partial charge is 0.320 e. The molecular weight excluding hydrogens is 240 g/mol. The topological polar surface area (TPSA) is 32.8 Å². The maximum atomic E-state index is 11.6. The standard InChI is InChI=1S/C15H30N2O2/c1-5-19-15(18)12-17(13(2)3)11-9-14-8-6-7-10-16(14)4/h13-14H,5-12H2,1-4H3. The van der Waals surface area contributed by atoms with Crippen LogP contribution in [0.5, 0.6) is 0 Å². The van der Waals surface area contributed by atoms with E-state index in [1.807, 2.05) is 6.92 Å². The number of ether oxygens (including phenoxy) is 1. The van der Waals surface area contributed by atoms with Crippen LogP contribution in [-0.2, 0) is 9.53 Å². The highest BCUT2D eigenvalue weighted by atomic mass is 16.5. The molecule has 1 fully saturated rings. The molecule has 1 unspecified atom stereocenters. The lowest BCUT2D eigenvalue weighted by molar-refractivity contribution is -0.145. The van der Waals surface area contributed by atoms with Crippen LogP contribution in [0, 0.1) is 0 Å². The van der Waals surface area contributed by atoms with Gasteiger partial charge in [-0.2, -0.15) is 0 Å². The van der Waals surface area contributed by atoms with Crippen LogP contribution < -0.4 is 0 Å². The van der Waals surface area contributed by atoms with E-state index in [2.05, 4.69) is 30.7 Å². The van der Waals surface area contributed by atoms with Crippen LogP contribution in [0.3, 0.4) is 0 Å². The summed E-state index contributed by atoms with van der Waals surface area (Å²) in [6, 6.07) is 1.07. The summed E-state index contributed by atoms with van der Waals surface area (Å²) >= 11 is 0. The molecule has 4 nitrogen and oxygen atoms in total. The van der Waals surface area contributed by atoms with Gasteiger partial charge < -0.3 is 9.64 Å². The Labute approximate surface area is 118 Å². The summed E-state index contributed by atoms with van der Waals surface area (Å²) in [6.45, 7) is 9.22. The lowest BCUT2D eigenvalue weighted by Gasteiger charge is -2.34. The summed E-state index contributed by atoms with van der Waals surface area (Å²) < 4.78 is 5.04. The van der Waals surface area contributed by atoms with E-state index in [0.717, 1.165) is 13.0 Å². The van der Waals surface area contributed by atoms with Crippen molar-refractivity contribution >= 4 is 5.97 Å². The Kier molecular flexibility index (Phi) is 7.39. The summed E-state index contributed by atoms with van der Waals surface area (Å²) in [5.41, 5.74) is 0. The Morgan fingerprint density at radius 3 is 2.74 bits per heavy atom. The Morgan fingerprint density at radius 1 is 1.42 bits per heavy atom. The second-order valence-electron chi connectivity index (χ2n) is 5.79. The van der Waals surface area contributed by atoms with Crippen molar-refractivity contribution in [3.05, 3.63) is 0 Å². The summed E-state index contributed by atoms with van der Waals surface area (Å²) in [5.74, 6) is -0.104. The molecule has 112 valence electrons. The first-order chi connectivity index (χ1) is 9.04. The molecule has 0 amide bonds. The summed E-state index contributed by atoms with van der Waals surface area (Å²) in [6.07, 6.45) is 5.11. The predicted octanol–water partition coefficient (Wildman–Crippen LogP) is 2.13. The van der Waals surface area contributed by atoms with Crippen molar-refractivity contribution in [1.29, 1.82) is 0 Å². The van der Waals surface area contributed by atoms with Gasteiger partial charge in [-0.15, -0.1) is 0 Å². The van der Waals surface area contributed by atoms with Gasteiger partial charge in [0.1, 0.15) is 0 Å². The van der Waals surface area contributed by atoms with Crippen LogP contribution in [0.15, 0.2) is 0 Å². The molecule has 1 saturated heterocycles. The zero-order chi connectivity index (χ0) is 14.3. The molecular formula is C15H30N2O2. The molecule has 0 aromatic rings. The number of carbonyl (C=O) groups is 1. The largest absolute Gasteiger partial charge is 0.465 e. The van der Waals surface area contributed by atoms with E-state index >= 15 is 0 Å². The van der Waals surface area contributed by atoms with Crippen LogP contribution in [-0.4, -0.2) is 61.1 Å². The van der Waals surface area contributed by atoms with Crippen molar-refractivity contribution in [2.45, 2.75) is 58.5 Å². The van der Waals surface area contributed by atoms with E-state index in [-0.39, 0.29) is 5.97 Å². The third-order valence-corrected chi connectivity index (χ3v) is 4.04. The molecule has 0 aliphatic carbocycles. The number of likely N-dealkylation sites (tertiary alicyclic amines) is 1. The minimum absolute atomic E-state index is 0.104. The Bertz CT molecular complexity index is 269. The molecule has 1 aliphatic rings. The van der Waals surface area contributed by atoms with E-state index < -0.39 is 0 Å². The molecule has 1 atom stereocenters. The SMILES string of the molecule is CCOC(=O)CN(CCC1CCCCN1C)C(C)C. The quantitative estimate of drug-likeness (QED) is 0.664. The Balaban J connectivity index is 2.38. The fourth-order valence-electron chi connectivity index (χ4n) is 2.72. The fraction of sp³-hybridized carbons (Fsp3) is 0.933. The highest BCUT2D eigenvalue weighted by Gasteiger charge is 2.21. The first kappa shape index (κ1) is 16.4. The second-order valence-corrected chi connectivity index (χ2v) is 5.79. The van der Waals surface area contributed by atoms with Crippen molar-refractivity contribution < 1.29 is 9.53 Å². The summed E-state index contributed by atoms with van der Waals surface area (Å²) in [5, 5.41) is 0. The normalized spacial score (nSPS) is 21.1.